The highest BCUT2D eigenvalue weighted by Crippen LogP contribution is 2.21. The Bertz CT molecular complexity index is 693. The van der Waals surface area contributed by atoms with Gasteiger partial charge in [-0.05, 0) is 25.1 Å². The highest BCUT2D eigenvalue weighted by Gasteiger charge is 2.21. The van der Waals surface area contributed by atoms with Gasteiger partial charge in [-0.2, -0.15) is 12.8 Å². The van der Waals surface area contributed by atoms with Gasteiger partial charge in [0.15, 0.2) is 0 Å². The minimum absolute atomic E-state index is 0.117. The third-order valence-electron chi connectivity index (χ3n) is 2.88. The van der Waals surface area contributed by atoms with Gasteiger partial charge in [-0.3, -0.25) is 0 Å². The minimum Gasteiger partial charge on any atom is -0.466 e. The molecule has 0 spiro atoms. The van der Waals surface area contributed by atoms with Crippen molar-refractivity contribution in [2.75, 3.05) is 7.11 Å². The highest BCUT2D eigenvalue weighted by atomic mass is 32.2. The molecule has 0 aliphatic rings. The molecule has 0 radical (unpaired) electrons. The van der Waals surface area contributed by atoms with Crippen LogP contribution in [-0.4, -0.2) is 27.2 Å². The Labute approximate surface area is 131 Å². The summed E-state index contributed by atoms with van der Waals surface area (Å²) in [5, 5.41) is 0. The monoisotopic (exact) mass is 323 g/mol. The van der Waals surface area contributed by atoms with Gasteiger partial charge in [-0.1, -0.05) is 38.5 Å². The fraction of sp³-hybridized carbons (Fsp3) is 0.375. The third kappa shape index (κ3) is 5.11. The molecule has 0 bridgehead atoms. The number of methoxy groups -OCH3 is 1. The lowest BCUT2D eigenvalue weighted by atomic mass is 9.90. The zero-order valence-corrected chi connectivity index (χ0v) is 14.3. The van der Waals surface area contributed by atoms with Crippen LogP contribution in [-0.2, 0) is 19.6 Å². The number of benzene rings is 1. The standard InChI is InChI=1S/C16H21NO4S/c1-12-6-8-13(9-7-12)22(19,20)17-14(16(2,3)4)10-11-15(18)21-5/h6-11H,1-5H3/b11-10+,17-14+. The molecular formula is C16H21NO4S. The van der Waals surface area contributed by atoms with Gasteiger partial charge in [0.05, 0.1) is 17.7 Å². The van der Waals surface area contributed by atoms with E-state index in [0.717, 1.165) is 11.6 Å². The summed E-state index contributed by atoms with van der Waals surface area (Å²) in [4.78, 5) is 11.3. The summed E-state index contributed by atoms with van der Waals surface area (Å²) in [6.07, 6.45) is 2.53. The molecule has 22 heavy (non-hydrogen) atoms. The van der Waals surface area contributed by atoms with E-state index in [1.54, 1.807) is 12.1 Å². The van der Waals surface area contributed by atoms with E-state index in [4.69, 9.17) is 0 Å². The van der Waals surface area contributed by atoms with Crippen LogP contribution in [0.1, 0.15) is 26.3 Å². The van der Waals surface area contributed by atoms with Crippen LogP contribution in [0.3, 0.4) is 0 Å². The van der Waals surface area contributed by atoms with Crippen LogP contribution in [0, 0.1) is 12.3 Å². The minimum atomic E-state index is -3.83. The molecule has 0 fully saturated rings. The van der Waals surface area contributed by atoms with E-state index in [-0.39, 0.29) is 10.6 Å². The number of hydrogen-bond acceptors (Lipinski definition) is 4. The van der Waals surface area contributed by atoms with Crippen LogP contribution in [0.2, 0.25) is 0 Å². The molecule has 0 amide bonds. The zero-order valence-electron chi connectivity index (χ0n) is 13.5. The molecule has 0 heterocycles. The molecule has 0 saturated carbocycles. The topological polar surface area (TPSA) is 72.8 Å². The number of nitrogens with zero attached hydrogens (tertiary/aromatic N) is 1. The SMILES string of the molecule is COC(=O)/C=C/C(=N\S(=O)(=O)c1ccc(C)cc1)C(C)(C)C. The van der Waals surface area contributed by atoms with Crippen LogP contribution in [0.15, 0.2) is 45.7 Å². The second-order valence-corrected chi connectivity index (χ2v) is 7.48. The normalized spacial score (nSPS) is 13.4. The van der Waals surface area contributed by atoms with E-state index in [0.29, 0.717) is 0 Å². The molecule has 0 saturated heterocycles. The Balaban J connectivity index is 3.29. The number of carbonyl (C=O) groups excluding carboxylic acids is 1. The van der Waals surface area contributed by atoms with Gasteiger partial charge in [-0.15, -0.1) is 0 Å². The quantitative estimate of drug-likeness (QED) is 0.485. The fourth-order valence-electron chi connectivity index (χ4n) is 1.52. The number of sulfonamides is 1. The maximum Gasteiger partial charge on any atom is 0.330 e. The molecule has 0 unspecified atom stereocenters. The maximum atomic E-state index is 12.4. The van der Waals surface area contributed by atoms with Crippen LogP contribution in [0.5, 0.6) is 0 Å². The molecule has 0 atom stereocenters. The fourth-order valence-corrected chi connectivity index (χ4v) is 2.70. The number of ether oxygens (including phenoxy) is 1. The van der Waals surface area contributed by atoms with Crippen molar-refractivity contribution in [2.24, 2.45) is 9.81 Å². The Morgan fingerprint density at radius 3 is 2.14 bits per heavy atom. The van der Waals surface area contributed by atoms with Crippen LogP contribution in [0.4, 0.5) is 0 Å². The first-order valence-electron chi connectivity index (χ1n) is 6.74. The van der Waals surface area contributed by atoms with E-state index >= 15 is 0 Å². The molecule has 6 heteroatoms. The summed E-state index contributed by atoms with van der Waals surface area (Å²) < 4.78 is 33.1. The predicted octanol–water partition coefficient (Wildman–Crippen LogP) is 2.90. The van der Waals surface area contributed by atoms with E-state index in [9.17, 15) is 13.2 Å². The summed E-state index contributed by atoms with van der Waals surface area (Å²) in [6.45, 7) is 7.33. The Morgan fingerprint density at radius 2 is 1.68 bits per heavy atom. The van der Waals surface area contributed by atoms with Crippen LogP contribution < -0.4 is 0 Å². The number of carbonyl (C=O) groups is 1. The average Bonchev–Trinajstić information content (AvgIpc) is 2.42. The molecule has 0 N–H and O–H groups in total. The second-order valence-electron chi connectivity index (χ2n) is 5.87. The first kappa shape index (κ1) is 18.1. The van der Waals surface area contributed by atoms with E-state index in [1.807, 2.05) is 27.7 Å². The molecule has 120 valence electrons. The molecule has 0 aromatic heterocycles. The smallest absolute Gasteiger partial charge is 0.330 e. The molecule has 1 rings (SSSR count). The van der Waals surface area contributed by atoms with Crippen molar-refractivity contribution in [2.45, 2.75) is 32.6 Å². The average molecular weight is 323 g/mol. The van der Waals surface area contributed by atoms with E-state index in [2.05, 4.69) is 9.13 Å². The molecule has 1 aromatic carbocycles. The number of aryl methyl sites for hydroxylation is 1. The number of allylic oxidation sites excluding steroid dienone is 1. The number of esters is 1. The molecule has 0 aliphatic heterocycles. The van der Waals surface area contributed by atoms with Crippen molar-refractivity contribution in [3.63, 3.8) is 0 Å². The van der Waals surface area contributed by atoms with Crippen molar-refractivity contribution >= 4 is 21.7 Å². The lowest BCUT2D eigenvalue weighted by Gasteiger charge is -2.18. The Hall–Kier alpha value is -1.95. The van der Waals surface area contributed by atoms with Gasteiger partial charge < -0.3 is 4.74 Å². The van der Waals surface area contributed by atoms with Gasteiger partial charge in [0.2, 0.25) is 0 Å². The van der Waals surface area contributed by atoms with E-state index in [1.165, 1.54) is 25.3 Å². The van der Waals surface area contributed by atoms with Crippen molar-refractivity contribution in [3.8, 4) is 0 Å². The molecular weight excluding hydrogens is 302 g/mol. The van der Waals surface area contributed by atoms with Gasteiger partial charge in [0.1, 0.15) is 0 Å². The molecule has 5 nitrogen and oxygen atoms in total. The summed E-state index contributed by atoms with van der Waals surface area (Å²) >= 11 is 0. The van der Waals surface area contributed by atoms with Crippen LogP contribution in [0.25, 0.3) is 0 Å². The highest BCUT2D eigenvalue weighted by molar-refractivity contribution is 7.90. The zero-order chi connectivity index (χ0) is 17.0. The molecule has 1 aromatic rings. The first-order valence-corrected chi connectivity index (χ1v) is 8.18. The van der Waals surface area contributed by atoms with Crippen molar-refractivity contribution in [1.29, 1.82) is 0 Å². The van der Waals surface area contributed by atoms with E-state index < -0.39 is 21.4 Å². The van der Waals surface area contributed by atoms with Gasteiger partial charge >= 0.3 is 5.97 Å². The Morgan fingerprint density at radius 1 is 1.14 bits per heavy atom. The summed E-state index contributed by atoms with van der Waals surface area (Å²) in [7, 11) is -2.58. The largest absolute Gasteiger partial charge is 0.466 e. The third-order valence-corrected chi connectivity index (χ3v) is 4.19. The maximum absolute atomic E-state index is 12.4. The van der Waals surface area contributed by atoms with Crippen molar-refractivity contribution in [3.05, 3.63) is 42.0 Å². The summed E-state index contributed by atoms with van der Waals surface area (Å²) in [6, 6.07) is 6.45. The van der Waals surface area contributed by atoms with Crippen molar-refractivity contribution < 1.29 is 17.9 Å². The van der Waals surface area contributed by atoms with Crippen LogP contribution >= 0.6 is 0 Å². The lowest BCUT2D eigenvalue weighted by Crippen LogP contribution is -2.20. The number of rotatable bonds is 4. The Kier molecular flexibility index (Phi) is 5.65. The predicted molar refractivity (Wildman–Crippen MR) is 86.4 cm³/mol. The lowest BCUT2D eigenvalue weighted by molar-refractivity contribution is -0.134. The number of hydrogen-bond donors (Lipinski definition) is 0. The first-order chi connectivity index (χ1) is 10.1. The second kappa shape index (κ2) is 6.87. The summed E-state index contributed by atoms with van der Waals surface area (Å²) in [5.41, 5.74) is 0.700. The van der Waals surface area contributed by atoms with Crippen molar-refractivity contribution in [1.82, 2.24) is 0 Å². The van der Waals surface area contributed by atoms with Gasteiger partial charge in [0, 0.05) is 11.5 Å². The summed E-state index contributed by atoms with van der Waals surface area (Å²) in [5.74, 6) is -0.565. The van der Waals surface area contributed by atoms with Gasteiger partial charge in [-0.25, -0.2) is 4.79 Å². The molecule has 0 aliphatic carbocycles. The van der Waals surface area contributed by atoms with Gasteiger partial charge in [0.25, 0.3) is 10.0 Å².